The second kappa shape index (κ2) is 70.0. The molecule has 0 saturated carbocycles. The van der Waals surface area contributed by atoms with Crippen molar-refractivity contribution in [3.05, 3.63) is 24.3 Å². The summed E-state index contributed by atoms with van der Waals surface area (Å²) in [5.41, 5.74) is 0. The molecule has 0 aliphatic rings. The van der Waals surface area contributed by atoms with E-state index in [9.17, 15) is 43.2 Å². The molecule has 2 unspecified atom stereocenters. The van der Waals surface area contributed by atoms with E-state index in [0.717, 1.165) is 116 Å². The third-order valence-electron chi connectivity index (χ3n) is 17.2. The molecule has 0 radical (unpaired) electrons. The van der Waals surface area contributed by atoms with E-state index in [1.165, 1.54) is 186 Å². The number of phosphoric acid groups is 2. The largest absolute Gasteiger partial charge is 0.472 e. The fraction of sp³-hybridized carbons (Fsp3) is 0.895. The number of allylic oxidation sites excluding steroid dienone is 4. The van der Waals surface area contributed by atoms with E-state index in [1.54, 1.807) is 0 Å². The van der Waals surface area contributed by atoms with Crippen LogP contribution in [-0.2, 0) is 65.4 Å². The summed E-state index contributed by atoms with van der Waals surface area (Å²) in [6.45, 7) is 4.83. The van der Waals surface area contributed by atoms with Crippen LogP contribution in [0.15, 0.2) is 24.3 Å². The van der Waals surface area contributed by atoms with E-state index in [1.807, 2.05) is 0 Å². The summed E-state index contributed by atoms with van der Waals surface area (Å²) < 4.78 is 68.2. The highest BCUT2D eigenvalue weighted by molar-refractivity contribution is 7.47. The van der Waals surface area contributed by atoms with Gasteiger partial charge in [-0.2, -0.15) is 0 Å². The lowest BCUT2D eigenvalue weighted by atomic mass is 10.0. The molecular formula is C76H144O17P2. The molecule has 0 bridgehead atoms. The van der Waals surface area contributed by atoms with Gasteiger partial charge in [0.25, 0.3) is 0 Å². The Morgan fingerprint density at radius 3 is 0.768 bits per heavy atom. The van der Waals surface area contributed by atoms with Crippen LogP contribution in [0.4, 0.5) is 0 Å². The van der Waals surface area contributed by atoms with Crippen molar-refractivity contribution < 1.29 is 80.2 Å². The number of rotatable bonds is 75. The Labute approximate surface area is 580 Å². The van der Waals surface area contributed by atoms with Gasteiger partial charge in [0.1, 0.15) is 19.3 Å². The van der Waals surface area contributed by atoms with Crippen molar-refractivity contribution in [1.82, 2.24) is 0 Å². The number of ether oxygens (including phenoxy) is 4. The molecule has 0 saturated heterocycles. The molecule has 0 aromatic carbocycles. The lowest BCUT2D eigenvalue weighted by Gasteiger charge is -2.21. The maximum Gasteiger partial charge on any atom is 0.472 e. The molecule has 0 rings (SSSR count). The van der Waals surface area contributed by atoms with Crippen molar-refractivity contribution in [2.24, 2.45) is 0 Å². The van der Waals surface area contributed by atoms with Crippen LogP contribution in [0.3, 0.4) is 0 Å². The van der Waals surface area contributed by atoms with Gasteiger partial charge in [-0.25, -0.2) is 9.13 Å². The number of carbonyl (C=O) groups is 4. The Bertz CT molecular complexity index is 1900. The highest BCUT2D eigenvalue weighted by Crippen LogP contribution is 2.45. The molecule has 0 fully saturated rings. The van der Waals surface area contributed by atoms with Crippen molar-refractivity contribution in [2.75, 3.05) is 39.6 Å². The van der Waals surface area contributed by atoms with Gasteiger partial charge in [0.05, 0.1) is 26.4 Å². The molecule has 3 N–H and O–H groups in total. The summed E-state index contributed by atoms with van der Waals surface area (Å²) in [4.78, 5) is 72.5. The minimum atomic E-state index is -4.96. The Morgan fingerprint density at radius 1 is 0.295 bits per heavy atom. The van der Waals surface area contributed by atoms with E-state index in [-0.39, 0.29) is 25.7 Å². The summed E-state index contributed by atoms with van der Waals surface area (Å²) in [6.07, 6.45) is 63.8. The lowest BCUT2D eigenvalue weighted by molar-refractivity contribution is -0.161. The van der Waals surface area contributed by atoms with Gasteiger partial charge in [-0.05, 0) is 51.4 Å². The Kier molecular flexibility index (Phi) is 68.2. The number of carbonyl (C=O) groups excluding carboxylic acids is 4. The van der Waals surface area contributed by atoms with Gasteiger partial charge >= 0.3 is 39.5 Å². The zero-order valence-corrected chi connectivity index (χ0v) is 62.9. The molecule has 0 aromatic heterocycles. The quantitative estimate of drug-likeness (QED) is 0.0169. The molecular weight excluding hydrogens is 1250 g/mol. The van der Waals surface area contributed by atoms with Gasteiger partial charge in [-0.15, -0.1) is 0 Å². The number of unbranched alkanes of at least 4 members (excludes halogenated alkanes) is 46. The van der Waals surface area contributed by atoms with E-state index >= 15 is 0 Å². The fourth-order valence-electron chi connectivity index (χ4n) is 11.2. The van der Waals surface area contributed by atoms with Crippen molar-refractivity contribution in [1.29, 1.82) is 0 Å². The molecule has 5 atom stereocenters. The van der Waals surface area contributed by atoms with Crippen LogP contribution in [0.25, 0.3) is 0 Å². The van der Waals surface area contributed by atoms with Gasteiger partial charge in [0, 0.05) is 25.7 Å². The Hall–Kier alpha value is -2.46. The minimum absolute atomic E-state index is 0.102. The van der Waals surface area contributed by atoms with Gasteiger partial charge in [-0.3, -0.25) is 37.3 Å². The standard InChI is InChI=1S/C76H144O17P2/c1-5-9-13-17-20-23-26-29-31-32-33-34-35-36-37-39-42-45-48-51-55-59-63-76(81)93-72(67-87-74(79)61-57-53-49-46-43-41-38-30-27-24-21-18-14-10-6-2)69-91-95(84,85)89-65-70(77)64-88-94(82,83)90-68-71(66-86-73(78)60-56-52-16-12-8-4)92-75(80)62-58-54-50-47-44-40-28-25-22-19-15-11-7-3/h24,27,30,38,70-72,77H,5-23,25-26,28-29,31-37,39-69H2,1-4H3,(H,82,83)(H,84,85)/b27-24-,38-30-/t70-,71+,72+/m0/s1. The highest BCUT2D eigenvalue weighted by Gasteiger charge is 2.30. The minimum Gasteiger partial charge on any atom is -0.462 e. The molecule has 0 aliphatic heterocycles. The molecule has 95 heavy (non-hydrogen) atoms. The van der Waals surface area contributed by atoms with Crippen LogP contribution in [0.5, 0.6) is 0 Å². The van der Waals surface area contributed by atoms with E-state index in [2.05, 4.69) is 52.0 Å². The van der Waals surface area contributed by atoms with Crippen LogP contribution < -0.4 is 0 Å². The van der Waals surface area contributed by atoms with E-state index in [4.69, 9.17) is 37.0 Å². The number of hydrogen-bond acceptors (Lipinski definition) is 15. The normalized spacial score (nSPS) is 14.1. The first-order chi connectivity index (χ1) is 46.2. The van der Waals surface area contributed by atoms with Crippen LogP contribution in [0.1, 0.15) is 381 Å². The number of aliphatic hydroxyl groups excluding tert-OH is 1. The smallest absolute Gasteiger partial charge is 0.462 e. The first-order valence-electron chi connectivity index (χ1n) is 39.1. The third kappa shape index (κ3) is 69.8. The average Bonchev–Trinajstić information content (AvgIpc) is 3.63. The summed E-state index contributed by atoms with van der Waals surface area (Å²) in [5.74, 6) is -2.16. The topological polar surface area (TPSA) is 237 Å². The lowest BCUT2D eigenvalue weighted by Crippen LogP contribution is -2.30. The second-order valence-corrected chi connectivity index (χ2v) is 29.6. The Morgan fingerprint density at radius 2 is 0.505 bits per heavy atom. The predicted molar refractivity (Wildman–Crippen MR) is 386 cm³/mol. The summed E-state index contributed by atoms with van der Waals surface area (Å²) in [7, 11) is -9.91. The first-order valence-corrected chi connectivity index (χ1v) is 42.1. The van der Waals surface area contributed by atoms with Gasteiger partial charge in [0.2, 0.25) is 0 Å². The molecule has 0 spiro atoms. The highest BCUT2D eigenvalue weighted by atomic mass is 31.2. The summed E-state index contributed by atoms with van der Waals surface area (Å²) in [6, 6.07) is 0. The molecule has 0 aromatic rings. The van der Waals surface area contributed by atoms with Crippen LogP contribution in [-0.4, -0.2) is 96.7 Å². The summed E-state index contributed by atoms with van der Waals surface area (Å²) in [5, 5.41) is 10.6. The van der Waals surface area contributed by atoms with Crippen molar-refractivity contribution in [2.45, 2.75) is 399 Å². The number of esters is 4. The molecule has 560 valence electrons. The number of hydrogen-bond donors (Lipinski definition) is 3. The maximum absolute atomic E-state index is 13.1. The van der Waals surface area contributed by atoms with Crippen molar-refractivity contribution >= 4 is 39.5 Å². The molecule has 0 aliphatic carbocycles. The molecule has 0 heterocycles. The van der Waals surface area contributed by atoms with Crippen LogP contribution in [0, 0.1) is 0 Å². The zero-order valence-electron chi connectivity index (χ0n) is 61.1. The SMILES string of the molecule is CCCCCC/C=C\C=C/CCCCCCCC(=O)OC[C@H](COP(=O)(O)OC[C@@H](O)COP(=O)(O)OC[C@@H](COC(=O)CCCCCCC)OC(=O)CCCCCCCCCCCCCCC)OC(=O)CCCCCCCCCCCCCCCCCCCCCCCC. The average molecular weight is 1390 g/mol. The van der Waals surface area contributed by atoms with Crippen LogP contribution in [0.2, 0.25) is 0 Å². The van der Waals surface area contributed by atoms with Crippen molar-refractivity contribution in [3.63, 3.8) is 0 Å². The van der Waals surface area contributed by atoms with Gasteiger partial charge in [-0.1, -0.05) is 328 Å². The third-order valence-corrected chi connectivity index (χ3v) is 19.1. The maximum atomic E-state index is 13.1. The fourth-order valence-corrected chi connectivity index (χ4v) is 12.8. The molecule has 19 heteroatoms. The summed E-state index contributed by atoms with van der Waals surface area (Å²) >= 11 is 0. The van der Waals surface area contributed by atoms with Gasteiger partial charge < -0.3 is 33.8 Å². The zero-order chi connectivity index (χ0) is 69.7. The van der Waals surface area contributed by atoms with Gasteiger partial charge in [0.15, 0.2) is 12.2 Å². The predicted octanol–water partition coefficient (Wildman–Crippen LogP) is 22.2. The number of aliphatic hydroxyl groups is 1. The van der Waals surface area contributed by atoms with Crippen molar-refractivity contribution in [3.8, 4) is 0 Å². The second-order valence-electron chi connectivity index (χ2n) is 26.7. The first kappa shape index (κ1) is 92.5. The number of phosphoric ester groups is 2. The van der Waals surface area contributed by atoms with E-state index < -0.39 is 97.5 Å². The molecule has 17 nitrogen and oxygen atoms in total. The molecule has 0 amide bonds. The van der Waals surface area contributed by atoms with E-state index in [0.29, 0.717) is 25.7 Å². The van der Waals surface area contributed by atoms with Crippen LogP contribution >= 0.6 is 15.6 Å². The Balaban J connectivity index is 5.14. The monoisotopic (exact) mass is 1390 g/mol.